The quantitative estimate of drug-likeness (QED) is 0.898. The molecule has 2 N–H and O–H groups in total. The Balaban J connectivity index is 2.09. The molecule has 1 saturated heterocycles. The first-order valence-corrected chi connectivity index (χ1v) is 6.32. The monoisotopic (exact) mass is 254 g/mol. The SMILES string of the molecule is CC(C)(N)CN1CCC(c2c(F)cccc2F)C1. The molecule has 4 heteroatoms. The largest absolute Gasteiger partial charge is 0.324 e. The van der Waals surface area contributed by atoms with E-state index in [9.17, 15) is 8.78 Å². The number of benzene rings is 1. The van der Waals surface area contributed by atoms with E-state index in [2.05, 4.69) is 4.90 Å². The summed E-state index contributed by atoms with van der Waals surface area (Å²) in [6, 6.07) is 4.06. The van der Waals surface area contributed by atoms with Crippen LogP contribution in [0, 0.1) is 11.6 Å². The molecule has 1 aliphatic heterocycles. The minimum atomic E-state index is -0.436. The second-order valence-corrected chi connectivity index (χ2v) is 5.84. The molecule has 0 aromatic heterocycles. The van der Waals surface area contributed by atoms with Gasteiger partial charge in [-0.1, -0.05) is 6.07 Å². The molecule has 0 spiro atoms. The lowest BCUT2D eigenvalue weighted by molar-refractivity contribution is 0.268. The first kappa shape index (κ1) is 13.4. The van der Waals surface area contributed by atoms with Crippen molar-refractivity contribution < 1.29 is 8.78 Å². The van der Waals surface area contributed by atoms with Crippen LogP contribution in [0.1, 0.15) is 31.7 Å². The van der Waals surface area contributed by atoms with Crippen LogP contribution in [0.3, 0.4) is 0 Å². The minimum Gasteiger partial charge on any atom is -0.324 e. The number of nitrogens with zero attached hydrogens (tertiary/aromatic N) is 1. The van der Waals surface area contributed by atoms with Gasteiger partial charge >= 0.3 is 0 Å². The molecule has 100 valence electrons. The second kappa shape index (κ2) is 4.94. The molecule has 0 saturated carbocycles. The van der Waals surface area contributed by atoms with Gasteiger partial charge in [0.25, 0.3) is 0 Å². The van der Waals surface area contributed by atoms with Crippen molar-refractivity contribution in [1.82, 2.24) is 4.90 Å². The van der Waals surface area contributed by atoms with Crippen LogP contribution in [0.25, 0.3) is 0 Å². The predicted molar refractivity (Wildman–Crippen MR) is 68.4 cm³/mol. The van der Waals surface area contributed by atoms with E-state index in [4.69, 9.17) is 5.73 Å². The Morgan fingerprint density at radius 1 is 1.33 bits per heavy atom. The molecule has 1 aromatic carbocycles. The molecule has 0 aliphatic carbocycles. The highest BCUT2D eigenvalue weighted by Crippen LogP contribution is 2.31. The van der Waals surface area contributed by atoms with Gasteiger partial charge in [-0.15, -0.1) is 0 Å². The van der Waals surface area contributed by atoms with E-state index in [1.54, 1.807) is 0 Å². The topological polar surface area (TPSA) is 29.3 Å². The predicted octanol–water partition coefficient (Wildman–Crippen LogP) is 2.49. The Morgan fingerprint density at radius 3 is 2.50 bits per heavy atom. The first-order chi connectivity index (χ1) is 8.37. The van der Waals surface area contributed by atoms with Gasteiger partial charge in [0, 0.05) is 30.1 Å². The van der Waals surface area contributed by atoms with Crippen molar-refractivity contribution in [2.45, 2.75) is 31.7 Å². The number of hydrogen-bond donors (Lipinski definition) is 1. The van der Waals surface area contributed by atoms with Crippen molar-refractivity contribution in [1.29, 1.82) is 0 Å². The zero-order chi connectivity index (χ0) is 13.3. The molecule has 0 amide bonds. The number of rotatable bonds is 3. The Bertz CT molecular complexity index is 406. The third kappa shape index (κ3) is 3.06. The summed E-state index contributed by atoms with van der Waals surface area (Å²) >= 11 is 0. The summed E-state index contributed by atoms with van der Waals surface area (Å²) in [6.07, 6.45) is 0.786. The molecule has 0 bridgehead atoms. The van der Waals surface area contributed by atoms with Gasteiger partial charge in [0.1, 0.15) is 11.6 Å². The van der Waals surface area contributed by atoms with E-state index < -0.39 is 11.6 Å². The van der Waals surface area contributed by atoms with Crippen molar-refractivity contribution in [2.24, 2.45) is 5.73 Å². The van der Waals surface area contributed by atoms with E-state index in [0.29, 0.717) is 6.54 Å². The number of hydrogen-bond acceptors (Lipinski definition) is 2. The number of halogens is 2. The van der Waals surface area contributed by atoms with Crippen LogP contribution in [-0.4, -0.2) is 30.1 Å². The van der Waals surface area contributed by atoms with Crippen LogP contribution in [0.5, 0.6) is 0 Å². The van der Waals surface area contributed by atoms with Gasteiger partial charge in [-0.25, -0.2) is 8.78 Å². The third-order valence-corrected chi connectivity index (χ3v) is 3.31. The molecule has 2 nitrogen and oxygen atoms in total. The zero-order valence-corrected chi connectivity index (χ0v) is 10.9. The fraction of sp³-hybridized carbons (Fsp3) is 0.571. The molecule has 18 heavy (non-hydrogen) atoms. The molecule has 1 heterocycles. The van der Waals surface area contributed by atoms with Crippen LogP contribution in [0.2, 0.25) is 0 Å². The molecular weight excluding hydrogens is 234 g/mol. The van der Waals surface area contributed by atoms with E-state index in [1.807, 2.05) is 13.8 Å². The van der Waals surface area contributed by atoms with E-state index in [-0.39, 0.29) is 17.0 Å². The maximum absolute atomic E-state index is 13.7. The Kier molecular flexibility index (Phi) is 3.69. The molecule has 1 fully saturated rings. The third-order valence-electron chi connectivity index (χ3n) is 3.31. The fourth-order valence-electron chi connectivity index (χ4n) is 2.69. The van der Waals surface area contributed by atoms with Crippen LogP contribution < -0.4 is 5.73 Å². The summed E-state index contributed by atoms with van der Waals surface area (Å²) < 4.78 is 27.4. The summed E-state index contributed by atoms with van der Waals surface area (Å²) in [5, 5.41) is 0. The Labute approximate surface area is 107 Å². The zero-order valence-electron chi connectivity index (χ0n) is 10.9. The number of nitrogens with two attached hydrogens (primary N) is 1. The van der Waals surface area contributed by atoms with Gasteiger partial charge in [-0.05, 0) is 38.9 Å². The lowest BCUT2D eigenvalue weighted by atomic mass is 9.97. The molecule has 1 aliphatic rings. The summed E-state index contributed by atoms with van der Waals surface area (Å²) in [5.41, 5.74) is 5.93. The average molecular weight is 254 g/mol. The summed E-state index contributed by atoms with van der Waals surface area (Å²) in [7, 11) is 0. The van der Waals surface area contributed by atoms with Crippen LogP contribution in [-0.2, 0) is 0 Å². The molecule has 0 radical (unpaired) electrons. The molecule has 1 unspecified atom stereocenters. The first-order valence-electron chi connectivity index (χ1n) is 6.32. The minimum absolute atomic E-state index is 0.0615. The van der Waals surface area contributed by atoms with Gasteiger partial charge in [-0.3, -0.25) is 0 Å². The highest BCUT2D eigenvalue weighted by atomic mass is 19.1. The van der Waals surface area contributed by atoms with Gasteiger partial charge in [0.05, 0.1) is 0 Å². The average Bonchev–Trinajstić information content (AvgIpc) is 2.63. The van der Waals surface area contributed by atoms with Gasteiger partial charge < -0.3 is 10.6 Å². The highest BCUT2D eigenvalue weighted by molar-refractivity contribution is 5.25. The Hall–Kier alpha value is -1.00. The van der Waals surface area contributed by atoms with Gasteiger partial charge in [0.15, 0.2) is 0 Å². The van der Waals surface area contributed by atoms with Gasteiger partial charge in [-0.2, -0.15) is 0 Å². The van der Waals surface area contributed by atoms with Crippen molar-refractivity contribution in [3.05, 3.63) is 35.4 Å². The summed E-state index contributed by atoms with van der Waals surface area (Å²) in [6.45, 7) is 6.20. The maximum Gasteiger partial charge on any atom is 0.129 e. The van der Waals surface area contributed by atoms with Crippen LogP contribution in [0.4, 0.5) is 8.78 Å². The van der Waals surface area contributed by atoms with Crippen LogP contribution >= 0.6 is 0 Å². The lowest BCUT2D eigenvalue weighted by Crippen LogP contribution is -2.44. The van der Waals surface area contributed by atoms with Gasteiger partial charge in [0.2, 0.25) is 0 Å². The smallest absolute Gasteiger partial charge is 0.129 e. The molecule has 1 atom stereocenters. The summed E-state index contributed by atoms with van der Waals surface area (Å²) in [5.74, 6) is -0.934. The lowest BCUT2D eigenvalue weighted by Gasteiger charge is -2.26. The second-order valence-electron chi connectivity index (χ2n) is 5.84. The molecule has 1 aromatic rings. The normalized spacial score (nSPS) is 21.5. The standard InChI is InChI=1S/C14H20F2N2/c1-14(2,17)9-18-7-6-10(8-18)13-11(15)4-3-5-12(13)16/h3-5,10H,6-9,17H2,1-2H3. The van der Waals surface area contributed by atoms with E-state index in [1.165, 1.54) is 18.2 Å². The number of likely N-dealkylation sites (tertiary alicyclic amines) is 1. The molecular formula is C14H20F2N2. The Morgan fingerprint density at radius 2 is 1.94 bits per heavy atom. The fourth-order valence-corrected chi connectivity index (χ4v) is 2.69. The maximum atomic E-state index is 13.7. The van der Waals surface area contributed by atoms with E-state index >= 15 is 0 Å². The molecule has 2 rings (SSSR count). The van der Waals surface area contributed by atoms with Crippen molar-refractivity contribution in [2.75, 3.05) is 19.6 Å². The van der Waals surface area contributed by atoms with Crippen LogP contribution in [0.15, 0.2) is 18.2 Å². The summed E-state index contributed by atoms with van der Waals surface area (Å²) in [4.78, 5) is 2.18. The highest BCUT2D eigenvalue weighted by Gasteiger charge is 2.30. The van der Waals surface area contributed by atoms with Crippen molar-refractivity contribution >= 4 is 0 Å². The van der Waals surface area contributed by atoms with E-state index in [0.717, 1.165) is 19.5 Å². The van der Waals surface area contributed by atoms with Crippen molar-refractivity contribution in [3.63, 3.8) is 0 Å². The van der Waals surface area contributed by atoms with Crippen molar-refractivity contribution in [3.8, 4) is 0 Å².